The fraction of sp³-hybridized carbons (Fsp3) is 0.500. The van der Waals surface area contributed by atoms with Crippen molar-refractivity contribution in [3.63, 3.8) is 0 Å². The normalized spacial score (nSPS) is 16.7. The Bertz CT molecular complexity index is 862. The largest absolute Gasteiger partial charge is 0.416 e. The molecule has 1 aromatic heterocycles. The lowest BCUT2D eigenvalue weighted by Crippen LogP contribution is -2.44. The number of methoxy groups -OCH3 is 1. The zero-order valence-corrected chi connectivity index (χ0v) is 18.5. The standard InChI is InChI=1S/C24H30F3N3O2/c1-17(16-32-2)29-23(31)15-30-11-9-20(10-12-30)22-8-5-19(14-28-22)13-18-3-6-21(7-4-18)24(25,26)27/h3-8,14,17,20H,9-13,15-16H2,1-2H3,(H,29,31)/t17-/m1/s1. The molecule has 0 bridgehead atoms. The topological polar surface area (TPSA) is 54.5 Å². The molecular formula is C24H30F3N3O2. The average molecular weight is 450 g/mol. The highest BCUT2D eigenvalue weighted by Gasteiger charge is 2.30. The van der Waals surface area contributed by atoms with Crippen LogP contribution in [0, 0.1) is 0 Å². The Morgan fingerprint density at radius 1 is 1.16 bits per heavy atom. The van der Waals surface area contributed by atoms with Gasteiger partial charge in [0.25, 0.3) is 0 Å². The summed E-state index contributed by atoms with van der Waals surface area (Å²) in [5.41, 5.74) is 2.17. The number of benzene rings is 1. The number of likely N-dealkylation sites (tertiary alicyclic amines) is 1. The van der Waals surface area contributed by atoms with Gasteiger partial charge in [-0.1, -0.05) is 18.2 Å². The predicted molar refractivity (Wildman–Crippen MR) is 116 cm³/mol. The number of amides is 1. The number of halogens is 3. The minimum Gasteiger partial charge on any atom is -0.383 e. The zero-order chi connectivity index (χ0) is 23.1. The van der Waals surface area contributed by atoms with Crippen LogP contribution in [0.5, 0.6) is 0 Å². The van der Waals surface area contributed by atoms with Gasteiger partial charge < -0.3 is 10.1 Å². The molecule has 0 aliphatic carbocycles. The first kappa shape index (κ1) is 24.2. The van der Waals surface area contributed by atoms with E-state index in [4.69, 9.17) is 4.74 Å². The lowest BCUT2D eigenvalue weighted by Gasteiger charge is -2.31. The molecule has 1 amide bonds. The number of nitrogens with zero attached hydrogens (tertiary/aromatic N) is 2. The minimum absolute atomic E-state index is 0.00432. The number of pyridine rings is 1. The summed E-state index contributed by atoms with van der Waals surface area (Å²) >= 11 is 0. The van der Waals surface area contributed by atoms with E-state index in [0.29, 0.717) is 25.5 Å². The third-order valence-electron chi connectivity index (χ3n) is 5.73. The maximum Gasteiger partial charge on any atom is 0.416 e. The molecule has 0 saturated carbocycles. The zero-order valence-electron chi connectivity index (χ0n) is 18.5. The lowest BCUT2D eigenvalue weighted by atomic mass is 9.92. The molecule has 2 aromatic rings. The van der Waals surface area contributed by atoms with Crippen LogP contribution in [0.4, 0.5) is 13.2 Å². The maximum atomic E-state index is 12.7. The van der Waals surface area contributed by atoms with Gasteiger partial charge in [-0.15, -0.1) is 0 Å². The van der Waals surface area contributed by atoms with Crippen molar-refractivity contribution in [2.24, 2.45) is 0 Å². The Morgan fingerprint density at radius 3 is 2.38 bits per heavy atom. The Hall–Kier alpha value is -2.45. The van der Waals surface area contributed by atoms with Crippen molar-refractivity contribution in [3.8, 4) is 0 Å². The van der Waals surface area contributed by atoms with E-state index in [1.807, 2.05) is 25.3 Å². The van der Waals surface area contributed by atoms with Crippen LogP contribution in [0.1, 0.15) is 48.1 Å². The van der Waals surface area contributed by atoms with Crippen LogP contribution < -0.4 is 5.32 Å². The Labute approximate surface area is 187 Å². The van der Waals surface area contributed by atoms with Crippen molar-refractivity contribution >= 4 is 5.91 Å². The van der Waals surface area contributed by atoms with Gasteiger partial charge in [-0.2, -0.15) is 13.2 Å². The summed E-state index contributed by atoms with van der Waals surface area (Å²) in [7, 11) is 1.61. The molecule has 1 aromatic carbocycles. The number of alkyl halides is 3. The van der Waals surface area contributed by atoms with Gasteiger partial charge >= 0.3 is 6.18 Å². The molecule has 174 valence electrons. The van der Waals surface area contributed by atoms with Crippen LogP contribution in [0.15, 0.2) is 42.6 Å². The number of hydrogen-bond acceptors (Lipinski definition) is 4. The fourth-order valence-corrected chi connectivity index (χ4v) is 4.03. The third kappa shape index (κ3) is 7.03. The van der Waals surface area contributed by atoms with E-state index in [-0.39, 0.29) is 11.9 Å². The van der Waals surface area contributed by atoms with E-state index in [0.717, 1.165) is 54.9 Å². The number of rotatable bonds is 8. The van der Waals surface area contributed by atoms with E-state index >= 15 is 0 Å². The van der Waals surface area contributed by atoms with Crippen molar-refractivity contribution < 1.29 is 22.7 Å². The Morgan fingerprint density at radius 2 is 1.81 bits per heavy atom. The number of nitrogens with one attached hydrogen (secondary N) is 1. The molecule has 3 rings (SSSR count). The first-order valence-electron chi connectivity index (χ1n) is 10.9. The molecule has 5 nitrogen and oxygen atoms in total. The van der Waals surface area contributed by atoms with E-state index in [2.05, 4.69) is 15.2 Å². The van der Waals surface area contributed by atoms with E-state index in [1.54, 1.807) is 7.11 Å². The summed E-state index contributed by atoms with van der Waals surface area (Å²) in [6.07, 6.45) is -0.0909. The van der Waals surface area contributed by atoms with Gasteiger partial charge in [-0.3, -0.25) is 14.7 Å². The molecule has 1 aliphatic rings. The van der Waals surface area contributed by atoms with Gasteiger partial charge in [0.2, 0.25) is 5.91 Å². The summed E-state index contributed by atoms with van der Waals surface area (Å²) in [4.78, 5) is 18.9. The first-order chi connectivity index (χ1) is 15.2. The summed E-state index contributed by atoms with van der Waals surface area (Å²) < 4.78 is 43.1. The number of aromatic nitrogens is 1. The smallest absolute Gasteiger partial charge is 0.383 e. The van der Waals surface area contributed by atoms with Gasteiger partial charge in [-0.25, -0.2) is 0 Å². The van der Waals surface area contributed by atoms with Crippen LogP contribution in [-0.4, -0.2) is 55.2 Å². The fourth-order valence-electron chi connectivity index (χ4n) is 4.03. The highest BCUT2D eigenvalue weighted by molar-refractivity contribution is 5.78. The molecule has 0 spiro atoms. The number of carbonyl (C=O) groups excluding carboxylic acids is 1. The number of ether oxygens (including phenoxy) is 1. The van der Waals surface area contributed by atoms with E-state index in [9.17, 15) is 18.0 Å². The molecule has 1 fully saturated rings. The van der Waals surface area contributed by atoms with Crippen LogP contribution in [-0.2, 0) is 22.1 Å². The predicted octanol–water partition coefficient (Wildman–Crippen LogP) is 4.02. The van der Waals surface area contributed by atoms with Crippen LogP contribution in [0.2, 0.25) is 0 Å². The second-order valence-corrected chi connectivity index (χ2v) is 8.44. The van der Waals surface area contributed by atoms with Gasteiger partial charge in [0.15, 0.2) is 0 Å². The molecule has 8 heteroatoms. The molecule has 1 N–H and O–H groups in total. The third-order valence-corrected chi connectivity index (χ3v) is 5.73. The molecule has 0 radical (unpaired) electrons. The first-order valence-corrected chi connectivity index (χ1v) is 10.9. The molecule has 2 heterocycles. The Balaban J connectivity index is 1.47. The molecule has 0 unspecified atom stereocenters. The minimum atomic E-state index is -4.32. The van der Waals surface area contributed by atoms with E-state index < -0.39 is 11.7 Å². The average Bonchev–Trinajstić information content (AvgIpc) is 2.75. The summed E-state index contributed by atoms with van der Waals surface area (Å²) in [5, 5.41) is 2.93. The lowest BCUT2D eigenvalue weighted by molar-refractivity contribution is -0.137. The van der Waals surface area contributed by atoms with Crippen LogP contribution >= 0.6 is 0 Å². The molecule has 1 saturated heterocycles. The van der Waals surface area contributed by atoms with E-state index in [1.165, 1.54) is 12.1 Å². The molecular weight excluding hydrogens is 419 g/mol. The molecule has 1 atom stereocenters. The molecule has 32 heavy (non-hydrogen) atoms. The van der Waals surface area contributed by atoms with Crippen molar-refractivity contribution in [3.05, 3.63) is 65.0 Å². The van der Waals surface area contributed by atoms with Crippen LogP contribution in [0.25, 0.3) is 0 Å². The van der Waals surface area contributed by atoms with Gasteiger partial charge in [-0.05, 0) is 68.6 Å². The second kappa shape index (κ2) is 10.9. The van der Waals surface area contributed by atoms with Gasteiger partial charge in [0, 0.05) is 31.0 Å². The quantitative estimate of drug-likeness (QED) is 0.662. The summed E-state index contributed by atoms with van der Waals surface area (Å²) in [5.74, 6) is 0.362. The highest BCUT2D eigenvalue weighted by Crippen LogP contribution is 2.30. The van der Waals surface area contributed by atoms with Gasteiger partial charge in [0.1, 0.15) is 0 Å². The van der Waals surface area contributed by atoms with Crippen LogP contribution in [0.3, 0.4) is 0 Å². The molecule has 1 aliphatic heterocycles. The summed E-state index contributed by atoms with van der Waals surface area (Å²) in [6, 6.07) is 9.26. The van der Waals surface area contributed by atoms with Crippen molar-refractivity contribution in [2.45, 2.75) is 44.3 Å². The van der Waals surface area contributed by atoms with Crippen molar-refractivity contribution in [1.82, 2.24) is 15.2 Å². The highest BCUT2D eigenvalue weighted by atomic mass is 19.4. The SMILES string of the molecule is COC[C@@H](C)NC(=O)CN1CCC(c2ccc(Cc3ccc(C(F)(F)F)cc3)cn2)CC1. The number of carbonyl (C=O) groups is 1. The van der Waals surface area contributed by atoms with Crippen molar-refractivity contribution in [1.29, 1.82) is 0 Å². The summed E-state index contributed by atoms with van der Waals surface area (Å²) in [6.45, 7) is 4.48. The Kier molecular flexibility index (Phi) is 8.26. The van der Waals surface area contributed by atoms with Gasteiger partial charge in [0.05, 0.1) is 18.7 Å². The second-order valence-electron chi connectivity index (χ2n) is 8.44. The number of hydrogen-bond donors (Lipinski definition) is 1. The maximum absolute atomic E-state index is 12.7. The monoisotopic (exact) mass is 449 g/mol. The number of piperidine rings is 1. The van der Waals surface area contributed by atoms with Crippen molar-refractivity contribution in [2.75, 3.05) is 33.4 Å².